The van der Waals surface area contributed by atoms with Gasteiger partial charge in [-0.05, 0) is 71.8 Å². The molecule has 1 aromatic heterocycles. The average molecular weight is 637 g/mol. The third-order valence-corrected chi connectivity index (χ3v) is 10.3. The van der Waals surface area contributed by atoms with E-state index in [1.54, 1.807) is 12.1 Å². The van der Waals surface area contributed by atoms with E-state index in [1.807, 2.05) is 42.5 Å². The predicted molar refractivity (Wildman–Crippen MR) is 180 cm³/mol. The van der Waals surface area contributed by atoms with Gasteiger partial charge in [0.1, 0.15) is 5.82 Å². The van der Waals surface area contributed by atoms with Gasteiger partial charge in [0.05, 0.1) is 17.6 Å². The van der Waals surface area contributed by atoms with Crippen LogP contribution in [-0.4, -0.2) is 23.1 Å². The van der Waals surface area contributed by atoms with Crippen LogP contribution in [0.3, 0.4) is 0 Å². The number of anilines is 1. The van der Waals surface area contributed by atoms with Crippen LogP contribution in [0.2, 0.25) is 5.02 Å². The summed E-state index contributed by atoms with van der Waals surface area (Å²) in [5.41, 5.74) is 6.66. The molecular formula is C36H33ClN4O3S. The van der Waals surface area contributed by atoms with Crippen molar-refractivity contribution in [3.05, 3.63) is 138 Å². The molecule has 0 amide bonds. The van der Waals surface area contributed by atoms with E-state index >= 15 is 0 Å². The van der Waals surface area contributed by atoms with Crippen LogP contribution < -0.4 is 9.03 Å². The van der Waals surface area contributed by atoms with Crippen molar-refractivity contribution in [2.24, 2.45) is 5.92 Å². The van der Waals surface area contributed by atoms with Crippen molar-refractivity contribution in [2.45, 2.75) is 38.0 Å². The fourth-order valence-electron chi connectivity index (χ4n) is 6.56. The maximum Gasteiger partial charge on any atom is 0.330 e. The fraction of sp³-hybridized carbons (Fsp3) is 0.194. The molecule has 0 saturated heterocycles. The highest BCUT2D eigenvalue weighted by molar-refractivity contribution is 7.91. The Labute approximate surface area is 268 Å². The Kier molecular flexibility index (Phi) is 7.85. The minimum absolute atomic E-state index is 0.0545. The number of aromatic nitrogens is 2. The highest BCUT2D eigenvalue weighted by Gasteiger charge is 2.32. The SMILES string of the molecule is O=S1(=O)NC(O)=CN1c1ccc(-n2cc(-c3ccc(Cl)cc3)nc2C(c2ccc(-c3ccccc3)cc2)C2CCCCC2)cc1. The normalized spacial score (nSPS) is 17.1. The monoisotopic (exact) mass is 636 g/mol. The van der Waals surface area contributed by atoms with E-state index in [4.69, 9.17) is 16.6 Å². The summed E-state index contributed by atoms with van der Waals surface area (Å²) >= 11 is 6.22. The Balaban J connectivity index is 1.34. The summed E-state index contributed by atoms with van der Waals surface area (Å²) in [6.07, 6.45) is 9.11. The maximum absolute atomic E-state index is 12.5. The van der Waals surface area contributed by atoms with Gasteiger partial charge in [-0.3, -0.25) is 0 Å². The smallest absolute Gasteiger partial charge is 0.330 e. The van der Waals surface area contributed by atoms with Crippen LogP contribution in [0.5, 0.6) is 0 Å². The van der Waals surface area contributed by atoms with Crippen molar-refractivity contribution in [1.29, 1.82) is 0 Å². The molecule has 1 fully saturated rings. The second kappa shape index (κ2) is 12.1. The molecule has 9 heteroatoms. The number of nitrogens with zero attached hydrogens (tertiary/aromatic N) is 3. The van der Waals surface area contributed by atoms with Gasteiger partial charge >= 0.3 is 10.2 Å². The van der Waals surface area contributed by atoms with Gasteiger partial charge in [-0.1, -0.05) is 97.6 Å². The van der Waals surface area contributed by atoms with Crippen LogP contribution in [0.1, 0.15) is 49.4 Å². The zero-order valence-electron chi connectivity index (χ0n) is 24.6. The molecular weight excluding hydrogens is 604 g/mol. The maximum atomic E-state index is 12.5. The molecule has 228 valence electrons. The van der Waals surface area contributed by atoms with Gasteiger partial charge in [0.25, 0.3) is 0 Å². The summed E-state index contributed by atoms with van der Waals surface area (Å²) in [7, 11) is -3.89. The van der Waals surface area contributed by atoms with Crippen LogP contribution in [0.25, 0.3) is 28.1 Å². The molecule has 1 saturated carbocycles. The topological polar surface area (TPSA) is 87.5 Å². The summed E-state index contributed by atoms with van der Waals surface area (Å²) in [5, 5.41) is 10.4. The van der Waals surface area contributed by atoms with E-state index in [9.17, 15) is 13.5 Å². The molecule has 0 bridgehead atoms. The molecule has 5 aromatic rings. The molecule has 2 heterocycles. The minimum Gasteiger partial charge on any atom is -0.493 e. The summed E-state index contributed by atoms with van der Waals surface area (Å²) in [6, 6.07) is 34.3. The van der Waals surface area contributed by atoms with Crippen LogP contribution >= 0.6 is 11.6 Å². The van der Waals surface area contributed by atoms with Gasteiger partial charge in [0.2, 0.25) is 5.88 Å². The molecule has 45 heavy (non-hydrogen) atoms. The molecule has 0 radical (unpaired) electrons. The number of aliphatic hydroxyl groups excluding tert-OH is 1. The molecule has 1 atom stereocenters. The summed E-state index contributed by atoms with van der Waals surface area (Å²) < 4.78 is 30.2. The van der Waals surface area contributed by atoms with E-state index < -0.39 is 16.1 Å². The Hall–Kier alpha value is -4.53. The Morgan fingerprint density at radius 1 is 0.778 bits per heavy atom. The zero-order valence-corrected chi connectivity index (χ0v) is 26.1. The minimum atomic E-state index is -3.89. The first-order valence-corrected chi connectivity index (χ1v) is 17.0. The van der Waals surface area contributed by atoms with E-state index in [2.05, 4.69) is 64.0 Å². The highest BCUT2D eigenvalue weighted by atomic mass is 35.5. The van der Waals surface area contributed by atoms with Gasteiger partial charge in [-0.25, -0.2) is 14.0 Å². The van der Waals surface area contributed by atoms with E-state index in [0.717, 1.165) is 46.1 Å². The molecule has 1 aliphatic heterocycles. The lowest BCUT2D eigenvalue weighted by atomic mass is 9.76. The van der Waals surface area contributed by atoms with Gasteiger partial charge < -0.3 is 9.67 Å². The van der Waals surface area contributed by atoms with Crippen LogP contribution in [0.4, 0.5) is 5.69 Å². The highest BCUT2D eigenvalue weighted by Crippen LogP contribution is 2.42. The van der Waals surface area contributed by atoms with Gasteiger partial charge in [-0.2, -0.15) is 8.42 Å². The average Bonchev–Trinajstić information content (AvgIpc) is 3.62. The molecule has 2 N–H and O–H groups in total. The van der Waals surface area contributed by atoms with Gasteiger partial charge in [0, 0.05) is 28.4 Å². The van der Waals surface area contributed by atoms with Crippen LogP contribution in [0.15, 0.2) is 121 Å². The van der Waals surface area contributed by atoms with Crippen molar-refractivity contribution >= 4 is 27.5 Å². The van der Waals surface area contributed by atoms with Crippen molar-refractivity contribution in [3.63, 3.8) is 0 Å². The van der Waals surface area contributed by atoms with Gasteiger partial charge in [-0.15, -0.1) is 0 Å². The van der Waals surface area contributed by atoms with Crippen molar-refractivity contribution in [2.75, 3.05) is 4.31 Å². The van der Waals surface area contributed by atoms with E-state index in [1.165, 1.54) is 36.0 Å². The Morgan fingerprint density at radius 2 is 1.40 bits per heavy atom. The number of halogens is 1. The van der Waals surface area contributed by atoms with Crippen LogP contribution in [-0.2, 0) is 10.2 Å². The Morgan fingerprint density at radius 3 is 2.04 bits per heavy atom. The zero-order chi connectivity index (χ0) is 31.0. The molecule has 7 rings (SSSR count). The first-order chi connectivity index (χ1) is 21.9. The van der Waals surface area contributed by atoms with Crippen molar-refractivity contribution < 1.29 is 13.5 Å². The number of nitrogens with one attached hydrogen (secondary N) is 1. The van der Waals surface area contributed by atoms with Crippen LogP contribution in [0, 0.1) is 5.92 Å². The lowest BCUT2D eigenvalue weighted by molar-refractivity contribution is 0.320. The number of aliphatic hydroxyl groups is 1. The standard InChI is InChI=1S/C36H33ClN4O3S/c37-30-17-15-27(16-18-30)33-23-40(31-19-21-32(22-20-31)41-24-34(42)39-45(41,43)44)36(38-33)35(28-9-5-2-6-10-28)29-13-11-26(12-14-29)25-7-3-1-4-8-25/h1,3-4,7-8,11-24,28,35,39,42H,2,5-6,9-10H2. The lowest BCUT2D eigenvalue weighted by Gasteiger charge is -2.31. The number of hydrogen-bond acceptors (Lipinski definition) is 4. The first kappa shape index (κ1) is 29.2. The summed E-state index contributed by atoms with van der Waals surface area (Å²) in [4.78, 5) is 5.31. The molecule has 0 spiro atoms. The van der Waals surface area contributed by atoms with Crippen molar-refractivity contribution in [3.8, 4) is 28.1 Å². The van der Waals surface area contributed by atoms with Gasteiger partial charge in [0.15, 0.2) is 0 Å². The number of benzene rings is 4. The lowest BCUT2D eigenvalue weighted by Crippen LogP contribution is -2.29. The van der Waals surface area contributed by atoms with Crippen molar-refractivity contribution in [1.82, 2.24) is 14.3 Å². The summed E-state index contributed by atoms with van der Waals surface area (Å²) in [6.45, 7) is 0. The third kappa shape index (κ3) is 5.95. The molecule has 1 unspecified atom stereocenters. The first-order valence-electron chi connectivity index (χ1n) is 15.2. The van der Waals surface area contributed by atoms with E-state index in [-0.39, 0.29) is 5.92 Å². The number of hydrogen-bond donors (Lipinski definition) is 2. The quantitative estimate of drug-likeness (QED) is 0.187. The van der Waals surface area contributed by atoms with E-state index in [0.29, 0.717) is 16.6 Å². The third-order valence-electron chi connectivity index (χ3n) is 8.76. The molecule has 4 aromatic carbocycles. The largest absolute Gasteiger partial charge is 0.493 e. The molecule has 1 aliphatic carbocycles. The second-order valence-corrected chi connectivity index (χ2v) is 13.6. The molecule has 7 nitrogen and oxygen atoms in total. The second-order valence-electron chi connectivity index (χ2n) is 11.7. The predicted octanol–water partition coefficient (Wildman–Crippen LogP) is 8.58. The number of rotatable bonds is 7. The fourth-order valence-corrected chi connectivity index (χ4v) is 7.73. The summed E-state index contributed by atoms with van der Waals surface area (Å²) in [5.74, 6) is 1.00. The molecule has 2 aliphatic rings. The Bertz CT molecular complexity index is 1930. The number of imidazole rings is 1.